The second-order valence-electron chi connectivity index (χ2n) is 4.48. The van der Waals surface area contributed by atoms with E-state index >= 15 is 0 Å². The van der Waals surface area contributed by atoms with E-state index in [2.05, 4.69) is 5.32 Å². The van der Waals surface area contributed by atoms with Crippen LogP contribution in [-0.4, -0.2) is 31.8 Å². The van der Waals surface area contributed by atoms with Crippen LogP contribution in [0.3, 0.4) is 0 Å². The van der Waals surface area contributed by atoms with Crippen LogP contribution in [0.15, 0.2) is 18.2 Å². The maximum atomic E-state index is 11.8. The molecule has 0 saturated carbocycles. The normalized spacial score (nSPS) is 19.3. The number of carbonyl (C=O) groups is 1. The largest absolute Gasteiger partial charge is 0.454 e. The SMILES string of the molecule is O=C(OC1COC1)c1ccc2c(c1)CNCC2. The third-order valence-corrected chi connectivity index (χ3v) is 3.21. The summed E-state index contributed by atoms with van der Waals surface area (Å²) in [6, 6.07) is 5.82. The molecule has 1 aromatic rings. The Hall–Kier alpha value is -1.39. The van der Waals surface area contributed by atoms with Crippen LogP contribution in [0, 0.1) is 0 Å². The predicted octanol–water partition coefficient (Wildman–Crippen LogP) is 0.888. The van der Waals surface area contributed by atoms with Gasteiger partial charge in [-0.3, -0.25) is 0 Å². The van der Waals surface area contributed by atoms with Crippen LogP contribution < -0.4 is 5.32 Å². The van der Waals surface area contributed by atoms with E-state index in [1.807, 2.05) is 18.2 Å². The lowest BCUT2D eigenvalue weighted by Crippen LogP contribution is -2.37. The molecule has 90 valence electrons. The van der Waals surface area contributed by atoms with Crippen molar-refractivity contribution in [2.45, 2.75) is 19.1 Å². The lowest BCUT2D eigenvalue weighted by molar-refractivity contribution is -0.103. The summed E-state index contributed by atoms with van der Waals surface area (Å²) < 4.78 is 10.3. The molecule has 0 bridgehead atoms. The highest BCUT2D eigenvalue weighted by Gasteiger charge is 2.23. The number of esters is 1. The first kappa shape index (κ1) is 10.7. The molecule has 0 unspecified atom stereocenters. The standard InChI is InChI=1S/C13H15NO3/c15-13(17-12-7-16-8-12)10-2-1-9-3-4-14-6-11(9)5-10/h1-2,5,12,14H,3-4,6-8H2. The van der Waals surface area contributed by atoms with Crippen LogP contribution >= 0.6 is 0 Å². The molecule has 0 radical (unpaired) electrons. The lowest BCUT2D eigenvalue weighted by atomic mass is 9.98. The first-order valence-corrected chi connectivity index (χ1v) is 5.94. The zero-order valence-corrected chi connectivity index (χ0v) is 9.57. The van der Waals surface area contributed by atoms with Crippen molar-refractivity contribution < 1.29 is 14.3 Å². The maximum absolute atomic E-state index is 11.8. The maximum Gasteiger partial charge on any atom is 0.338 e. The zero-order chi connectivity index (χ0) is 11.7. The van der Waals surface area contributed by atoms with Gasteiger partial charge in [-0.05, 0) is 36.2 Å². The Kier molecular flexibility index (Phi) is 2.82. The Morgan fingerprint density at radius 2 is 2.24 bits per heavy atom. The zero-order valence-electron chi connectivity index (χ0n) is 9.57. The molecule has 0 atom stereocenters. The minimum Gasteiger partial charge on any atom is -0.454 e. The highest BCUT2D eigenvalue weighted by molar-refractivity contribution is 5.89. The van der Waals surface area contributed by atoms with Gasteiger partial charge in [-0.1, -0.05) is 6.07 Å². The number of rotatable bonds is 2. The van der Waals surface area contributed by atoms with Crippen LogP contribution in [-0.2, 0) is 22.4 Å². The second kappa shape index (κ2) is 4.47. The molecule has 0 spiro atoms. The second-order valence-corrected chi connectivity index (χ2v) is 4.48. The lowest BCUT2D eigenvalue weighted by Gasteiger charge is -2.26. The summed E-state index contributed by atoms with van der Waals surface area (Å²) in [5.74, 6) is -0.244. The number of benzene rings is 1. The van der Waals surface area contributed by atoms with Crippen LogP contribution in [0.5, 0.6) is 0 Å². The van der Waals surface area contributed by atoms with E-state index in [-0.39, 0.29) is 12.1 Å². The topological polar surface area (TPSA) is 47.6 Å². The van der Waals surface area contributed by atoms with Gasteiger partial charge in [-0.25, -0.2) is 4.79 Å². The average molecular weight is 233 g/mol. The number of ether oxygens (including phenoxy) is 2. The quantitative estimate of drug-likeness (QED) is 0.771. The minimum atomic E-state index is -0.244. The summed E-state index contributed by atoms with van der Waals surface area (Å²) in [5, 5.41) is 3.30. The molecule has 0 amide bonds. The fourth-order valence-corrected chi connectivity index (χ4v) is 2.11. The summed E-state index contributed by atoms with van der Waals surface area (Å²) in [5.41, 5.74) is 3.17. The van der Waals surface area contributed by atoms with Crippen LogP contribution in [0.2, 0.25) is 0 Å². The van der Waals surface area contributed by atoms with Crippen molar-refractivity contribution in [1.29, 1.82) is 0 Å². The Balaban J connectivity index is 1.75. The van der Waals surface area contributed by atoms with Gasteiger partial charge in [0, 0.05) is 6.54 Å². The molecule has 17 heavy (non-hydrogen) atoms. The van der Waals surface area contributed by atoms with Crippen LogP contribution in [0.4, 0.5) is 0 Å². The molecule has 3 rings (SSSR count). The van der Waals surface area contributed by atoms with Crippen LogP contribution in [0.1, 0.15) is 21.5 Å². The Morgan fingerprint density at radius 3 is 3.00 bits per heavy atom. The Morgan fingerprint density at radius 1 is 1.35 bits per heavy atom. The van der Waals surface area contributed by atoms with E-state index in [1.54, 1.807) is 0 Å². The highest BCUT2D eigenvalue weighted by atomic mass is 16.6. The molecule has 4 nitrogen and oxygen atoms in total. The molecule has 0 aliphatic carbocycles. The van der Waals surface area contributed by atoms with Gasteiger partial charge in [0.15, 0.2) is 0 Å². The summed E-state index contributed by atoms with van der Waals surface area (Å²) in [7, 11) is 0. The molecule has 1 saturated heterocycles. The van der Waals surface area contributed by atoms with Crippen molar-refractivity contribution in [3.8, 4) is 0 Å². The summed E-state index contributed by atoms with van der Waals surface area (Å²) in [4.78, 5) is 11.8. The molecular formula is C13H15NO3. The number of fused-ring (bicyclic) bond motifs is 1. The molecule has 2 heterocycles. The number of nitrogens with one attached hydrogen (secondary N) is 1. The van der Waals surface area contributed by atoms with Gasteiger partial charge in [-0.15, -0.1) is 0 Å². The van der Waals surface area contributed by atoms with Gasteiger partial charge >= 0.3 is 5.97 Å². The van der Waals surface area contributed by atoms with Crippen molar-refractivity contribution in [3.63, 3.8) is 0 Å². The van der Waals surface area contributed by atoms with Gasteiger partial charge in [0.25, 0.3) is 0 Å². The molecular weight excluding hydrogens is 218 g/mol. The number of hydrogen-bond acceptors (Lipinski definition) is 4. The van der Waals surface area contributed by atoms with Gasteiger partial charge < -0.3 is 14.8 Å². The fourth-order valence-electron chi connectivity index (χ4n) is 2.11. The van der Waals surface area contributed by atoms with Crippen molar-refractivity contribution in [3.05, 3.63) is 34.9 Å². The van der Waals surface area contributed by atoms with Crippen LogP contribution in [0.25, 0.3) is 0 Å². The van der Waals surface area contributed by atoms with Crippen molar-refractivity contribution in [2.24, 2.45) is 0 Å². The molecule has 1 N–H and O–H groups in total. The summed E-state index contributed by atoms with van der Waals surface area (Å²) in [6.07, 6.45) is 0.970. The van der Waals surface area contributed by atoms with Gasteiger partial charge in [0.05, 0.1) is 18.8 Å². The average Bonchev–Trinajstić information content (AvgIpc) is 2.33. The van der Waals surface area contributed by atoms with Crippen molar-refractivity contribution >= 4 is 5.97 Å². The molecule has 0 aromatic heterocycles. The minimum absolute atomic E-state index is 0.0587. The van der Waals surface area contributed by atoms with Crippen molar-refractivity contribution in [1.82, 2.24) is 5.32 Å². The highest BCUT2D eigenvalue weighted by Crippen LogP contribution is 2.17. The molecule has 1 aromatic carbocycles. The molecule has 4 heteroatoms. The first-order valence-electron chi connectivity index (χ1n) is 5.94. The van der Waals surface area contributed by atoms with E-state index in [4.69, 9.17) is 9.47 Å². The molecule has 1 fully saturated rings. The third-order valence-electron chi connectivity index (χ3n) is 3.21. The third kappa shape index (κ3) is 2.18. The van der Waals surface area contributed by atoms with E-state index in [0.29, 0.717) is 18.8 Å². The number of hydrogen-bond donors (Lipinski definition) is 1. The van der Waals surface area contributed by atoms with Gasteiger partial charge in [0.2, 0.25) is 0 Å². The van der Waals surface area contributed by atoms with E-state index in [9.17, 15) is 4.79 Å². The Bertz CT molecular complexity index is 440. The van der Waals surface area contributed by atoms with E-state index < -0.39 is 0 Å². The summed E-state index contributed by atoms with van der Waals surface area (Å²) >= 11 is 0. The fraction of sp³-hybridized carbons (Fsp3) is 0.462. The molecule has 2 aliphatic rings. The van der Waals surface area contributed by atoms with E-state index in [1.165, 1.54) is 11.1 Å². The van der Waals surface area contributed by atoms with Crippen molar-refractivity contribution in [2.75, 3.05) is 19.8 Å². The smallest absolute Gasteiger partial charge is 0.338 e. The number of carbonyl (C=O) groups excluding carboxylic acids is 1. The Labute approximate surface area is 99.9 Å². The predicted molar refractivity (Wildman–Crippen MR) is 61.9 cm³/mol. The van der Waals surface area contributed by atoms with E-state index in [0.717, 1.165) is 19.5 Å². The summed E-state index contributed by atoms with van der Waals surface area (Å²) in [6.45, 7) is 2.90. The molecule has 2 aliphatic heterocycles. The first-order chi connectivity index (χ1) is 8.33. The monoisotopic (exact) mass is 233 g/mol. The van der Waals surface area contributed by atoms with Gasteiger partial charge in [-0.2, -0.15) is 0 Å². The van der Waals surface area contributed by atoms with Gasteiger partial charge in [0.1, 0.15) is 6.10 Å².